The zero-order valence-corrected chi connectivity index (χ0v) is 12.8. The summed E-state index contributed by atoms with van der Waals surface area (Å²) in [5, 5.41) is 8.74. The molecule has 0 aromatic heterocycles. The minimum atomic E-state index is -0.763. The van der Waals surface area contributed by atoms with Crippen molar-refractivity contribution in [3.05, 3.63) is 34.3 Å². The topological polar surface area (TPSA) is 57.6 Å². The Kier molecular flexibility index (Phi) is 5.17. The van der Waals surface area contributed by atoms with Crippen LogP contribution in [0.3, 0.4) is 0 Å². The van der Waals surface area contributed by atoms with E-state index >= 15 is 0 Å². The van der Waals surface area contributed by atoms with Gasteiger partial charge in [0.05, 0.1) is 0 Å². The van der Waals surface area contributed by atoms with E-state index < -0.39 is 5.97 Å². The van der Waals surface area contributed by atoms with Gasteiger partial charge in [-0.2, -0.15) is 0 Å². The van der Waals surface area contributed by atoms with Gasteiger partial charge >= 0.3 is 5.97 Å². The van der Waals surface area contributed by atoms with E-state index in [9.17, 15) is 9.59 Å². The summed E-state index contributed by atoms with van der Waals surface area (Å²) in [5.74, 6) is -0.428. The first-order valence-corrected chi connectivity index (χ1v) is 7.62. The number of halogens is 1. The largest absolute Gasteiger partial charge is 0.481 e. The Hall–Kier alpha value is -1.36. The molecule has 20 heavy (non-hydrogen) atoms. The van der Waals surface area contributed by atoms with E-state index in [1.165, 1.54) is 0 Å². The van der Waals surface area contributed by atoms with Gasteiger partial charge in [0.1, 0.15) is 0 Å². The second kappa shape index (κ2) is 6.88. The molecule has 0 radical (unpaired) electrons. The zero-order chi connectivity index (χ0) is 14.5. The van der Waals surface area contributed by atoms with Gasteiger partial charge in [-0.15, -0.1) is 0 Å². The number of hydrogen-bond donors (Lipinski definition) is 1. The fourth-order valence-corrected chi connectivity index (χ4v) is 3.02. The Morgan fingerprint density at radius 3 is 2.90 bits per heavy atom. The summed E-state index contributed by atoms with van der Waals surface area (Å²) < 4.78 is 0.891. The average molecular weight is 340 g/mol. The monoisotopic (exact) mass is 339 g/mol. The van der Waals surface area contributed by atoms with Gasteiger partial charge in [-0.05, 0) is 43.4 Å². The molecule has 1 saturated heterocycles. The Balaban J connectivity index is 1.98. The molecule has 5 heteroatoms. The molecule has 1 fully saturated rings. The van der Waals surface area contributed by atoms with Gasteiger partial charge in [0.2, 0.25) is 0 Å². The van der Waals surface area contributed by atoms with Gasteiger partial charge in [-0.3, -0.25) is 9.59 Å². The van der Waals surface area contributed by atoms with Gasteiger partial charge < -0.3 is 10.0 Å². The second-order valence-electron chi connectivity index (χ2n) is 5.20. The predicted octanol–water partition coefficient (Wildman–Crippen LogP) is 3.17. The third-order valence-corrected chi connectivity index (χ3v) is 4.14. The molecule has 1 N–H and O–H groups in total. The lowest BCUT2D eigenvalue weighted by atomic mass is 9.93. The van der Waals surface area contributed by atoms with Gasteiger partial charge in [-0.1, -0.05) is 22.0 Å². The summed E-state index contributed by atoms with van der Waals surface area (Å²) in [5.41, 5.74) is 0.679. The number of hydrogen-bond acceptors (Lipinski definition) is 2. The summed E-state index contributed by atoms with van der Waals surface area (Å²) in [6, 6.07) is 7.38. The second-order valence-corrected chi connectivity index (χ2v) is 6.12. The number of likely N-dealkylation sites (tertiary alicyclic amines) is 1. The van der Waals surface area contributed by atoms with Crippen molar-refractivity contribution in [1.82, 2.24) is 4.90 Å². The number of piperidine rings is 1. The Morgan fingerprint density at radius 1 is 1.40 bits per heavy atom. The molecule has 1 atom stereocenters. The highest BCUT2D eigenvalue weighted by Gasteiger charge is 2.24. The average Bonchev–Trinajstić information content (AvgIpc) is 2.44. The molecule has 0 spiro atoms. The number of amides is 1. The van der Waals surface area contributed by atoms with Gasteiger partial charge in [0, 0.05) is 29.5 Å². The molecular formula is C15H18BrNO3. The molecular weight excluding hydrogens is 322 g/mol. The van der Waals surface area contributed by atoms with Crippen molar-refractivity contribution in [1.29, 1.82) is 0 Å². The Morgan fingerprint density at radius 2 is 2.20 bits per heavy atom. The first kappa shape index (κ1) is 15.0. The van der Waals surface area contributed by atoms with Crippen LogP contribution in [-0.2, 0) is 4.79 Å². The minimum Gasteiger partial charge on any atom is -0.481 e. The molecule has 0 bridgehead atoms. The first-order chi connectivity index (χ1) is 9.56. The molecule has 1 unspecified atom stereocenters. The normalized spacial score (nSPS) is 18.9. The highest BCUT2D eigenvalue weighted by Crippen LogP contribution is 2.23. The van der Waals surface area contributed by atoms with Crippen molar-refractivity contribution in [2.75, 3.05) is 13.1 Å². The van der Waals surface area contributed by atoms with Gasteiger partial charge in [-0.25, -0.2) is 0 Å². The number of carboxylic acid groups (broad SMARTS) is 1. The van der Waals surface area contributed by atoms with Crippen LogP contribution < -0.4 is 0 Å². The van der Waals surface area contributed by atoms with Crippen LogP contribution in [0, 0.1) is 5.92 Å². The van der Waals surface area contributed by atoms with E-state index in [0.29, 0.717) is 24.4 Å². The minimum absolute atomic E-state index is 0.0336. The number of benzene rings is 1. The lowest BCUT2D eigenvalue weighted by Crippen LogP contribution is -2.40. The maximum atomic E-state index is 12.4. The van der Waals surface area contributed by atoms with Crippen molar-refractivity contribution < 1.29 is 14.7 Å². The summed E-state index contributed by atoms with van der Waals surface area (Å²) in [6.45, 7) is 1.42. The standard InChI is InChI=1S/C15H18BrNO3/c16-13-5-1-4-12(9-13)15(20)17-8-2-3-11(10-17)6-7-14(18)19/h1,4-5,9,11H,2-3,6-8,10H2,(H,18,19). The van der Waals surface area contributed by atoms with E-state index in [1.807, 2.05) is 29.2 Å². The molecule has 1 heterocycles. The number of carbonyl (C=O) groups excluding carboxylic acids is 1. The maximum Gasteiger partial charge on any atom is 0.303 e. The summed E-state index contributed by atoms with van der Waals surface area (Å²) in [6.07, 6.45) is 2.79. The lowest BCUT2D eigenvalue weighted by molar-refractivity contribution is -0.137. The number of carbonyl (C=O) groups is 2. The summed E-state index contributed by atoms with van der Waals surface area (Å²) >= 11 is 3.37. The molecule has 1 aromatic rings. The summed E-state index contributed by atoms with van der Waals surface area (Å²) in [4.78, 5) is 24.9. The van der Waals surface area contributed by atoms with Crippen LogP contribution in [0.1, 0.15) is 36.0 Å². The van der Waals surface area contributed by atoms with Crippen molar-refractivity contribution >= 4 is 27.8 Å². The fraction of sp³-hybridized carbons (Fsp3) is 0.467. The highest BCUT2D eigenvalue weighted by molar-refractivity contribution is 9.10. The molecule has 1 aliphatic rings. The first-order valence-electron chi connectivity index (χ1n) is 6.83. The smallest absolute Gasteiger partial charge is 0.303 e. The Bertz CT molecular complexity index is 504. The van der Waals surface area contributed by atoms with Gasteiger partial charge in [0.25, 0.3) is 5.91 Å². The van der Waals surface area contributed by atoms with E-state index in [1.54, 1.807) is 0 Å². The van der Waals surface area contributed by atoms with E-state index in [-0.39, 0.29) is 12.3 Å². The lowest BCUT2D eigenvalue weighted by Gasteiger charge is -2.32. The van der Waals surface area contributed by atoms with Crippen LogP contribution in [0.2, 0.25) is 0 Å². The maximum absolute atomic E-state index is 12.4. The third kappa shape index (κ3) is 4.07. The van der Waals surface area contributed by atoms with Crippen LogP contribution in [0.15, 0.2) is 28.7 Å². The van der Waals surface area contributed by atoms with E-state index in [0.717, 1.165) is 23.9 Å². The molecule has 0 saturated carbocycles. The quantitative estimate of drug-likeness (QED) is 0.916. The fourth-order valence-electron chi connectivity index (χ4n) is 2.62. The number of rotatable bonds is 4. The number of aliphatic carboxylic acids is 1. The molecule has 4 nitrogen and oxygen atoms in total. The SMILES string of the molecule is O=C(O)CCC1CCCN(C(=O)c2cccc(Br)c2)C1. The molecule has 1 aliphatic heterocycles. The van der Waals surface area contributed by atoms with Crippen LogP contribution in [0.5, 0.6) is 0 Å². The third-order valence-electron chi connectivity index (χ3n) is 3.64. The Labute approximate surface area is 126 Å². The van der Waals surface area contributed by atoms with Crippen molar-refractivity contribution in [2.45, 2.75) is 25.7 Å². The van der Waals surface area contributed by atoms with Crippen LogP contribution >= 0.6 is 15.9 Å². The van der Waals surface area contributed by atoms with E-state index in [4.69, 9.17) is 5.11 Å². The zero-order valence-electron chi connectivity index (χ0n) is 11.2. The molecule has 1 amide bonds. The number of carboxylic acids is 1. The molecule has 108 valence electrons. The molecule has 1 aromatic carbocycles. The number of nitrogens with zero attached hydrogens (tertiary/aromatic N) is 1. The van der Waals surface area contributed by atoms with Crippen LogP contribution in [0.4, 0.5) is 0 Å². The highest BCUT2D eigenvalue weighted by atomic mass is 79.9. The van der Waals surface area contributed by atoms with Crippen LogP contribution in [0.25, 0.3) is 0 Å². The van der Waals surface area contributed by atoms with Crippen LogP contribution in [-0.4, -0.2) is 35.0 Å². The van der Waals surface area contributed by atoms with Crippen molar-refractivity contribution in [3.8, 4) is 0 Å². The van der Waals surface area contributed by atoms with Crippen molar-refractivity contribution in [2.24, 2.45) is 5.92 Å². The molecule has 2 rings (SSSR count). The van der Waals surface area contributed by atoms with Crippen molar-refractivity contribution in [3.63, 3.8) is 0 Å². The predicted molar refractivity (Wildman–Crippen MR) is 79.6 cm³/mol. The van der Waals surface area contributed by atoms with E-state index in [2.05, 4.69) is 15.9 Å². The van der Waals surface area contributed by atoms with Gasteiger partial charge in [0.15, 0.2) is 0 Å². The molecule has 0 aliphatic carbocycles. The summed E-state index contributed by atoms with van der Waals surface area (Å²) in [7, 11) is 0.